The lowest BCUT2D eigenvalue weighted by Gasteiger charge is -2.16. The minimum absolute atomic E-state index is 0.134. The van der Waals surface area contributed by atoms with E-state index >= 15 is 0 Å². The molecule has 5 heteroatoms. The fourth-order valence-corrected chi connectivity index (χ4v) is 5.76. The topological polar surface area (TPSA) is 63.6 Å². The predicted molar refractivity (Wildman–Crippen MR) is 162 cm³/mol. The van der Waals surface area contributed by atoms with E-state index in [2.05, 4.69) is 13.8 Å². The van der Waals surface area contributed by atoms with Crippen LogP contribution in [0.2, 0.25) is 0 Å². The molecule has 0 aliphatic heterocycles. The Balaban J connectivity index is 3.71. The summed E-state index contributed by atoms with van der Waals surface area (Å²) in [5.74, 6) is 0.238. The molecule has 0 unspecified atom stereocenters. The van der Waals surface area contributed by atoms with Gasteiger partial charge in [-0.05, 0) is 18.8 Å². The molecule has 0 aromatic carbocycles. The standard InChI is InChI=1S/C32H66O4S/c1-3-5-7-9-11-13-15-17-19-21-23-25-27-29-32(31-36-37(33,34)35)30-28-26-24-22-20-18-16-14-12-10-8-6-4-2/h32H,3-31H2,1-2H3,(H,33,34,35). The van der Waals surface area contributed by atoms with Crippen molar-refractivity contribution < 1.29 is 17.2 Å². The molecule has 4 nitrogen and oxygen atoms in total. The van der Waals surface area contributed by atoms with E-state index in [1.807, 2.05) is 0 Å². The summed E-state index contributed by atoms with van der Waals surface area (Å²) in [7, 11) is -4.33. The quantitative estimate of drug-likeness (QED) is 0.0693. The minimum atomic E-state index is -4.33. The lowest BCUT2D eigenvalue weighted by molar-refractivity contribution is 0.204. The van der Waals surface area contributed by atoms with Gasteiger partial charge in [0.1, 0.15) is 0 Å². The van der Waals surface area contributed by atoms with Crippen LogP contribution in [0.1, 0.15) is 194 Å². The van der Waals surface area contributed by atoms with E-state index in [9.17, 15) is 8.42 Å². The molecule has 1 N–H and O–H groups in total. The van der Waals surface area contributed by atoms with Gasteiger partial charge in [0.05, 0.1) is 6.61 Å². The summed E-state index contributed by atoms with van der Waals surface area (Å²) in [6.07, 6.45) is 36.8. The fraction of sp³-hybridized carbons (Fsp3) is 1.00. The van der Waals surface area contributed by atoms with Gasteiger partial charge in [0, 0.05) is 0 Å². The van der Waals surface area contributed by atoms with E-state index in [1.54, 1.807) is 0 Å². The van der Waals surface area contributed by atoms with Crippen molar-refractivity contribution in [2.24, 2.45) is 5.92 Å². The Kier molecular flexibility index (Phi) is 28.8. The van der Waals surface area contributed by atoms with Crippen molar-refractivity contribution in [2.75, 3.05) is 6.61 Å². The van der Waals surface area contributed by atoms with Gasteiger partial charge in [-0.15, -0.1) is 0 Å². The molecule has 0 aromatic rings. The van der Waals surface area contributed by atoms with E-state index in [-0.39, 0.29) is 12.5 Å². The second-order valence-corrected chi connectivity index (χ2v) is 12.7. The first kappa shape index (κ1) is 36.9. The predicted octanol–water partition coefficient (Wildman–Crippen LogP) is 11.4. The molecule has 0 saturated carbocycles. The molecule has 0 radical (unpaired) electrons. The van der Waals surface area contributed by atoms with Gasteiger partial charge in [-0.3, -0.25) is 4.55 Å². The molecule has 0 atom stereocenters. The first-order valence-electron chi connectivity index (χ1n) is 16.6. The average Bonchev–Trinajstić information content (AvgIpc) is 2.87. The minimum Gasteiger partial charge on any atom is -0.264 e. The van der Waals surface area contributed by atoms with Crippen LogP contribution >= 0.6 is 0 Å². The Morgan fingerprint density at radius 3 is 0.946 bits per heavy atom. The third kappa shape index (κ3) is 32.0. The Labute approximate surface area is 233 Å². The van der Waals surface area contributed by atoms with Crippen molar-refractivity contribution in [3.8, 4) is 0 Å². The average molecular weight is 547 g/mol. The van der Waals surface area contributed by atoms with Crippen molar-refractivity contribution in [3.05, 3.63) is 0 Å². The van der Waals surface area contributed by atoms with Crippen molar-refractivity contribution in [2.45, 2.75) is 194 Å². The zero-order chi connectivity index (χ0) is 27.3. The summed E-state index contributed by atoms with van der Waals surface area (Å²) in [4.78, 5) is 0. The lowest BCUT2D eigenvalue weighted by atomic mass is 9.94. The van der Waals surface area contributed by atoms with Gasteiger partial charge >= 0.3 is 10.4 Å². The normalized spacial score (nSPS) is 12.1. The number of rotatable bonds is 31. The van der Waals surface area contributed by atoms with E-state index in [1.165, 1.54) is 154 Å². The van der Waals surface area contributed by atoms with Crippen LogP contribution in [-0.2, 0) is 14.6 Å². The number of unbranched alkanes of at least 4 members (excludes halogenated alkanes) is 24. The number of hydrogen-bond donors (Lipinski definition) is 1. The van der Waals surface area contributed by atoms with Crippen LogP contribution in [-0.4, -0.2) is 19.6 Å². The highest BCUT2D eigenvalue weighted by Gasteiger charge is 2.13. The van der Waals surface area contributed by atoms with Gasteiger partial charge in [0.15, 0.2) is 0 Å². The van der Waals surface area contributed by atoms with Gasteiger partial charge in [-0.25, -0.2) is 4.18 Å². The van der Waals surface area contributed by atoms with E-state index in [0.717, 1.165) is 25.7 Å². The third-order valence-electron chi connectivity index (χ3n) is 7.88. The summed E-state index contributed by atoms with van der Waals surface area (Å²) < 4.78 is 35.8. The van der Waals surface area contributed by atoms with E-state index in [0.29, 0.717) is 0 Å². The summed E-state index contributed by atoms with van der Waals surface area (Å²) >= 11 is 0. The van der Waals surface area contributed by atoms with Gasteiger partial charge < -0.3 is 0 Å². The van der Waals surface area contributed by atoms with E-state index < -0.39 is 10.4 Å². The zero-order valence-corrected chi connectivity index (χ0v) is 26.0. The van der Waals surface area contributed by atoms with Crippen LogP contribution in [0, 0.1) is 5.92 Å². The molecule has 224 valence electrons. The Bertz CT molecular complexity index is 505. The molecule has 0 aliphatic rings. The smallest absolute Gasteiger partial charge is 0.264 e. The summed E-state index contributed by atoms with van der Waals surface area (Å²) in [6.45, 7) is 4.68. The van der Waals surface area contributed by atoms with Crippen LogP contribution in [0.25, 0.3) is 0 Å². The molecule has 0 aromatic heterocycles. The molecule has 0 spiro atoms. The lowest BCUT2D eigenvalue weighted by Crippen LogP contribution is -2.14. The van der Waals surface area contributed by atoms with Crippen LogP contribution in [0.15, 0.2) is 0 Å². The second-order valence-electron chi connectivity index (χ2n) is 11.6. The van der Waals surface area contributed by atoms with Crippen molar-refractivity contribution in [1.82, 2.24) is 0 Å². The molecular formula is C32H66O4S. The molecule has 0 bridgehead atoms. The first-order valence-corrected chi connectivity index (χ1v) is 18.0. The van der Waals surface area contributed by atoms with Crippen molar-refractivity contribution >= 4 is 10.4 Å². The highest BCUT2D eigenvalue weighted by atomic mass is 32.3. The van der Waals surface area contributed by atoms with Gasteiger partial charge in [0.2, 0.25) is 0 Å². The highest BCUT2D eigenvalue weighted by molar-refractivity contribution is 7.80. The van der Waals surface area contributed by atoms with Crippen LogP contribution in [0.4, 0.5) is 0 Å². The summed E-state index contributed by atoms with van der Waals surface area (Å²) in [6, 6.07) is 0. The molecule has 0 fully saturated rings. The Morgan fingerprint density at radius 2 is 0.703 bits per heavy atom. The maximum Gasteiger partial charge on any atom is 0.397 e. The molecule has 0 amide bonds. The first-order chi connectivity index (χ1) is 18.0. The van der Waals surface area contributed by atoms with Crippen molar-refractivity contribution in [3.63, 3.8) is 0 Å². The maximum absolute atomic E-state index is 11.0. The molecule has 0 saturated heterocycles. The SMILES string of the molecule is CCCCCCCCCCCCCCCC(CCCCCCCCCCCCCCC)COS(=O)(=O)O. The van der Waals surface area contributed by atoms with Gasteiger partial charge in [-0.2, -0.15) is 8.42 Å². The molecule has 0 aliphatic carbocycles. The van der Waals surface area contributed by atoms with Crippen LogP contribution < -0.4 is 0 Å². The summed E-state index contributed by atoms with van der Waals surface area (Å²) in [5, 5.41) is 0. The molecular weight excluding hydrogens is 480 g/mol. The zero-order valence-electron chi connectivity index (χ0n) is 25.2. The highest BCUT2D eigenvalue weighted by Crippen LogP contribution is 2.21. The molecule has 37 heavy (non-hydrogen) atoms. The van der Waals surface area contributed by atoms with Gasteiger partial charge in [-0.1, -0.05) is 181 Å². The van der Waals surface area contributed by atoms with Crippen LogP contribution in [0.3, 0.4) is 0 Å². The monoisotopic (exact) mass is 546 g/mol. The summed E-state index contributed by atoms with van der Waals surface area (Å²) in [5.41, 5.74) is 0. The Hall–Kier alpha value is -0.130. The van der Waals surface area contributed by atoms with E-state index in [4.69, 9.17) is 8.74 Å². The maximum atomic E-state index is 11.0. The molecule has 0 rings (SSSR count). The third-order valence-corrected chi connectivity index (χ3v) is 8.32. The molecule has 0 heterocycles. The Morgan fingerprint density at radius 1 is 0.459 bits per heavy atom. The fourth-order valence-electron chi connectivity index (χ4n) is 5.39. The van der Waals surface area contributed by atoms with Crippen LogP contribution in [0.5, 0.6) is 0 Å². The second kappa shape index (κ2) is 28.9. The van der Waals surface area contributed by atoms with Crippen molar-refractivity contribution in [1.29, 1.82) is 0 Å². The van der Waals surface area contributed by atoms with Gasteiger partial charge in [0.25, 0.3) is 0 Å². The largest absolute Gasteiger partial charge is 0.397 e. The number of hydrogen-bond acceptors (Lipinski definition) is 3.